The van der Waals surface area contributed by atoms with E-state index in [-0.39, 0.29) is 6.42 Å². The van der Waals surface area contributed by atoms with Gasteiger partial charge in [0.15, 0.2) is 0 Å². The molecule has 1 rings (SSSR count). The van der Waals surface area contributed by atoms with E-state index in [0.29, 0.717) is 6.42 Å². The van der Waals surface area contributed by atoms with Crippen LogP contribution >= 0.6 is 0 Å². The molecule has 3 heteroatoms. The summed E-state index contributed by atoms with van der Waals surface area (Å²) in [7, 11) is 0. The third kappa shape index (κ3) is 4.94. The zero-order valence-corrected chi connectivity index (χ0v) is 9.70. The van der Waals surface area contributed by atoms with Crippen LogP contribution < -0.4 is 5.32 Å². The van der Waals surface area contributed by atoms with Gasteiger partial charge in [-0.25, -0.2) is 0 Å². The first-order valence-corrected chi connectivity index (χ1v) is 5.67. The van der Waals surface area contributed by atoms with E-state index in [0.717, 1.165) is 19.5 Å². The molecule has 0 amide bonds. The van der Waals surface area contributed by atoms with Crippen molar-refractivity contribution in [3.63, 3.8) is 0 Å². The van der Waals surface area contributed by atoms with Crippen molar-refractivity contribution in [1.82, 2.24) is 5.32 Å². The number of aliphatic carboxylic acids is 1. The van der Waals surface area contributed by atoms with Crippen molar-refractivity contribution in [2.45, 2.75) is 26.2 Å². The molecule has 1 aromatic carbocycles. The first-order chi connectivity index (χ1) is 7.70. The van der Waals surface area contributed by atoms with Crippen molar-refractivity contribution in [3.8, 4) is 0 Å². The van der Waals surface area contributed by atoms with Crippen molar-refractivity contribution >= 4 is 5.97 Å². The molecule has 0 fully saturated rings. The molecule has 0 saturated heterocycles. The average Bonchev–Trinajstić information content (AvgIpc) is 2.25. The molecule has 16 heavy (non-hydrogen) atoms. The molecule has 0 heterocycles. The third-order valence-electron chi connectivity index (χ3n) is 2.58. The predicted octanol–water partition coefficient (Wildman–Crippen LogP) is 1.99. The first-order valence-electron chi connectivity index (χ1n) is 5.67. The molecule has 0 bridgehead atoms. The maximum Gasteiger partial charge on any atom is 0.303 e. The van der Waals surface area contributed by atoms with Crippen LogP contribution in [0.3, 0.4) is 0 Å². The Balaban J connectivity index is 2.12. The lowest BCUT2D eigenvalue weighted by molar-refractivity contribution is -0.137. The fraction of sp³-hybridized carbons (Fsp3) is 0.462. The summed E-state index contributed by atoms with van der Waals surface area (Å²) >= 11 is 0. The van der Waals surface area contributed by atoms with E-state index in [1.165, 1.54) is 11.1 Å². The topological polar surface area (TPSA) is 49.3 Å². The summed E-state index contributed by atoms with van der Waals surface area (Å²) in [4.78, 5) is 10.3. The zero-order chi connectivity index (χ0) is 11.8. The van der Waals surface area contributed by atoms with Gasteiger partial charge >= 0.3 is 5.97 Å². The van der Waals surface area contributed by atoms with Crippen molar-refractivity contribution in [2.24, 2.45) is 0 Å². The van der Waals surface area contributed by atoms with Crippen molar-refractivity contribution in [1.29, 1.82) is 0 Å². The normalized spacial score (nSPS) is 10.3. The summed E-state index contributed by atoms with van der Waals surface area (Å²) in [6, 6.07) is 8.33. The Bertz CT molecular complexity index is 336. The standard InChI is InChI=1S/C13H19NO2/c1-11-5-2-3-6-12(11)8-10-14-9-4-7-13(15)16/h2-3,5-6,14H,4,7-10H2,1H3,(H,15,16). The molecule has 1 aromatic rings. The smallest absolute Gasteiger partial charge is 0.303 e. The SMILES string of the molecule is Cc1ccccc1CCNCCCC(=O)O. The van der Waals surface area contributed by atoms with Gasteiger partial charge in [0.2, 0.25) is 0 Å². The maximum atomic E-state index is 10.3. The molecule has 2 N–H and O–H groups in total. The molecule has 3 nitrogen and oxygen atoms in total. The summed E-state index contributed by atoms with van der Waals surface area (Å²) < 4.78 is 0. The van der Waals surface area contributed by atoms with Gasteiger partial charge in [-0.15, -0.1) is 0 Å². The first kappa shape index (κ1) is 12.7. The lowest BCUT2D eigenvalue weighted by Crippen LogP contribution is -2.19. The molecule has 0 atom stereocenters. The quantitative estimate of drug-likeness (QED) is 0.692. The molecular formula is C13H19NO2. The monoisotopic (exact) mass is 221 g/mol. The minimum absolute atomic E-state index is 0.247. The van der Waals surface area contributed by atoms with E-state index >= 15 is 0 Å². The molecule has 0 unspecified atom stereocenters. The second-order valence-electron chi connectivity index (χ2n) is 3.92. The van der Waals surface area contributed by atoms with Crippen LogP contribution in [-0.2, 0) is 11.2 Å². The van der Waals surface area contributed by atoms with Crippen LogP contribution in [0.1, 0.15) is 24.0 Å². The van der Waals surface area contributed by atoms with Crippen LogP contribution in [0.25, 0.3) is 0 Å². The van der Waals surface area contributed by atoms with Gasteiger partial charge in [-0.05, 0) is 44.0 Å². The fourth-order valence-corrected chi connectivity index (χ4v) is 1.60. The van der Waals surface area contributed by atoms with Gasteiger partial charge in [-0.1, -0.05) is 24.3 Å². The Morgan fingerprint density at radius 3 is 2.75 bits per heavy atom. The highest BCUT2D eigenvalue weighted by molar-refractivity contribution is 5.66. The van der Waals surface area contributed by atoms with Gasteiger partial charge in [-0.2, -0.15) is 0 Å². The van der Waals surface area contributed by atoms with Gasteiger partial charge < -0.3 is 10.4 Å². The van der Waals surface area contributed by atoms with Gasteiger partial charge in [0.05, 0.1) is 0 Å². The Labute approximate surface area is 96.5 Å². The highest BCUT2D eigenvalue weighted by Crippen LogP contribution is 2.06. The number of carboxylic acids is 1. The average molecular weight is 221 g/mol. The Hall–Kier alpha value is -1.35. The molecule has 88 valence electrons. The van der Waals surface area contributed by atoms with E-state index in [2.05, 4.69) is 24.4 Å². The second kappa shape index (κ2) is 7.01. The summed E-state index contributed by atoms with van der Waals surface area (Å²) in [6.07, 6.45) is 1.94. The predicted molar refractivity (Wildman–Crippen MR) is 64.6 cm³/mol. The third-order valence-corrected chi connectivity index (χ3v) is 2.58. The molecule has 0 spiro atoms. The molecule has 0 aromatic heterocycles. The van der Waals surface area contributed by atoms with Crippen molar-refractivity contribution < 1.29 is 9.90 Å². The lowest BCUT2D eigenvalue weighted by Gasteiger charge is -2.06. The van der Waals surface area contributed by atoms with Crippen LogP contribution in [0.4, 0.5) is 0 Å². The number of carboxylic acid groups (broad SMARTS) is 1. The van der Waals surface area contributed by atoms with Crippen molar-refractivity contribution in [2.75, 3.05) is 13.1 Å². The van der Waals surface area contributed by atoms with Crippen LogP contribution in [-0.4, -0.2) is 24.2 Å². The van der Waals surface area contributed by atoms with E-state index in [1.54, 1.807) is 0 Å². The van der Waals surface area contributed by atoms with Crippen LogP contribution in [0.15, 0.2) is 24.3 Å². The molecule has 0 aliphatic heterocycles. The minimum atomic E-state index is -0.722. The van der Waals surface area contributed by atoms with Gasteiger partial charge in [0.1, 0.15) is 0 Å². The summed E-state index contributed by atoms with van der Waals surface area (Å²) in [5, 5.41) is 11.7. The van der Waals surface area contributed by atoms with Crippen LogP contribution in [0.5, 0.6) is 0 Å². The largest absolute Gasteiger partial charge is 0.481 e. The van der Waals surface area contributed by atoms with Gasteiger partial charge in [-0.3, -0.25) is 4.79 Å². The summed E-state index contributed by atoms with van der Waals surface area (Å²) in [5.41, 5.74) is 2.67. The number of rotatable bonds is 7. The Morgan fingerprint density at radius 2 is 2.06 bits per heavy atom. The van der Waals surface area contributed by atoms with E-state index in [1.807, 2.05) is 12.1 Å². The molecule has 0 radical (unpaired) electrons. The van der Waals surface area contributed by atoms with E-state index in [4.69, 9.17) is 5.11 Å². The van der Waals surface area contributed by atoms with Crippen LogP contribution in [0, 0.1) is 6.92 Å². The highest BCUT2D eigenvalue weighted by Gasteiger charge is 1.98. The number of nitrogens with one attached hydrogen (secondary N) is 1. The van der Waals surface area contributed by atoms with Crippen molar-refractivity contribution in [3.05, 3.63) is 35.4 Å². The Kier molecular flexibility index (Phi) is 5.57. The van der Waals surface area contributed by atoms with E-state index in [9.17, 15) is 4.79 Å². The molecule has 0 saturated carbocycles. The molecule has 0 aliphatic carbocycles. The molecular weight excluding hydrogens is 202 g/mol. The zero-order valence-electron chi connectivity index (χ0n) is 9.70. The maximum absolute atomic E-state index is 10.3. The number of benzene rings is 1. The van der Waals surface area contributed by atoms with Gasteiger partial charge in [0, 0.05) is 6.42 Å². The van der Waals surface area contributed by atoms with Gasteiger partial charge in [0.25, 0.3) is 0 Å². The summed E-state index contributed by atoms with van der Waals surface area (Å²) in [6.45, 7) is 3.79. The van der Waals surface area contributed by atoms with Crippen LogP contribution in [0.2, 0.25) is 0 Å². The lowest BCUT2D eigenvalue weighted by atomic mass is 10.1. The number of hydrogen-bond acceptors (Lipinski definition) is 2. The molecule has 0 aliphatic rings. The Morgan fingerprint density at radius 1 is 1.31 bits per heavy atom. The highest BCUT2D eigenvalue weighted by atomic mass is 16.4. The summed E-state index contributed by atoms with van der Waals surface area (Å²) in [5.74, 6) is -0.722. The second-order valence-corrected chi connectivity index (χ2v) is 3.92. The minimum Gasteiger partial charge on any atom is -0.481 e. The fourth-order valence-electron chi connectivity index (χ4n) is 1.60. The number of carbonyl (C=O) groups is 1. The number of hydrogen-bond donors (Lipinski definition) is 2. The number of aryl methyl sites for hydroxylation is 1. The van der Waals surface area contributed by atoms with E-state index < -0.39 is 5.97 Å².